The maximum Gasteiger partial charge on any atom is 0.335 e. The Bertz CT molecular complexity index is 720. The van der Waals surface area contributed by atoms with Crippen LogP contribution in [0.15, 0.2) is 36.4 Å². The second kappa shape index (κ2) is 5.79. The number of aromatic carboxylic acids is 1. The number of aryl methyl sites for hydroxylation is 3. The average molecular weight is 283 g/mol. The predicted molar refractivity (Wildman–Crippen MR) is 82.0 cm³/mol. The second-order valence-corrected chi connectivity index (χ2v) is 5.11. The summed E-state index contributed by atoms with van der Waals surface area (Å²) in [5, 5.41) is 11.8. The Morgan fingerprint density at radius 2 is 1.67 bits per heavy atom. The molecule has 4 heteroatoms. The molecule has 2 aromatic carbocycles. The van der Waals surface area contributed by atoms with Gasteiger partial charge in [-0.15, -0.1) is 0 Å². The minimum absolute atomic E-state index is 0.150. The summed E-state index contributed by atoms with van der Waals surface area (Å²) in [5.74, 6) is -1.25. The van der Waals surface area contributed by atoms with Crippen molar-refractivity contribution in [3.63, 3.8) is 0 Å². The lowest BCUT2D eigenvalue weighted by Crippen LogP contribution is -2.14. The van der Waals surface area contributed by atoms with Crippen molar-refractivity contribution < 1.29 is 14.7 Å². The first kappa shape index (κ1) is 14.8. The summed E-state index contributed by atoms with van der Waals surface area (Å²) < 4.78 is 0. The summed E-state index contributed by atoms with van der Waals surface area (Å²) in [6, 6.07) is 10.3. The molecule has 0 saturated carbocycles. The third kappa shape index (κ3) is 3.28. The van der Waals surface area contributed by atoms with Crippen molar-refractivity contribution in [1.29, 1.82) is 0 Å². The molecule has 108 valence electrons. The molecular formula is C17H17NO3. The summed E-state index contributed by atoms with van der Waals surface area (Å²) in [5.41, 5.74) is 4.04. The smallest absolute Gasteiger partial charge is 0.335 e. The zero-order valence-electron chi connectivity index (χ0n) is 12.2. The lowest BCUT2D eigenvalue weighted by Gasteiger charge is -2.11. The first-order chi connectivity index (χ1) is 9.88. The first-order valence-electron chi connectivity index (χ1n) is 6.61. The summed E-state index contributed by atoms with van der Waals surface area (Å²) in [7, 11) is 0. The van der Waals surface area contributed by atoms with Crippen molar-refractivity contribution in [1.82, 2.24) is 0 Å². The van der Waals surface area contributed by atoms with Crippen LogP contribution in [0.1, 0.15) is 37.4 Å². The number of carbonyl (C=O) groups excluding carboxylic acids is 1. The second-order valence-electron chi connectivity index (χ2n) is 5.11. The van der Waals surface area contributed by atoms with E-state index >= 15 is 0 Å². The van der Waals surface area contributed by atoms with Crippen molar-refractivity contribution in [2.24, 2.45) is 0 Å². The summed E-state index contributed by atoms with van der Waals surface area (Å²) >= 11 is 0. The van der Waals surface area contributed by atoms with Gasteiger partial charge >= 0.3 is 5.97 Å². The van der Waals surface area contributed by atoms with Gasteiger partial charge in [0.15, 0.2) is 0 Å². The fraction of sp³-hybridized carbons (Fsp3) is 0.176. The Kier molecular flexibility index (Phi) is 4.08. The van der Waals surface area contributed by atoms with Crippen LogP contribution in [0.5, 0.6) is 0 Å². The Labute approximate surface area is 123 Å². The van der Waals surface area contributed by atoms with Gasteiger partial charge in [0.2, 0.25) is 0 Å². The number of carbonyl (C=O) groups is 2. The van der Waals surface area contributed by atoms with Gasteiger partial charge in [-0.05, 0) is 50.1 Å². The molecule has 2 N–H and O–H groups in total. The highest BCUT2D eigenvalue weighted by atomic mass is 16.4. The molecule has 0 fully saturated rings. The quantitative estimate of drug-likeness (QED) is 0.905. The van der Waals surface area contributed by atoms with Crippen LogP contribution < -0.4 is 5.32 Å². The van der Waals surface area contributed by atoms with Crippen LogP contribution in [0.4, 0.5) is 5.69 Å². The monoisotopic (exact) mass is 283 g/mol. The molecule has 21 heavy (non-hydrogen) atoms. The molecule has 2 aromatic rings. The van der Waals surface area contributed by atoms with E-state index in [1.165, 1.54) is 12.1 Å². The Morgan fingerprint density at radius 1 is 0.952 bits per heavy atom. The van der Waals surface area contributed by atoms with Crippen LogP contribution >= 0.6 is 0 Å². The van der Waals surface area contributed by atoms with E-state index in [1.807, 2.05) is 32.9 Å². The van der Waals surface area contributed by atoms with Crippen LogP contribution in [-0.4, -0.2) is 17.0 Å². The lowest BCUT2D eigenvalue weighted by atomic mass is 10.0. The van der Waals surface area contributed by atoms with Crippen molar-refractivity contribution in [3.8, 4) is 0 Å². The average Bonchev–Trinajstić information content (AvgIpc) is 2.40. The highest BCUT2D eigenvalue weighted by Gasteiger charge is 2.12. The van der Waals surface area contributed by atoms with Crippen molar-refractivity contribution in [3.05, 3.63) is 64.2 Å². The Morgan fingerprint density at radius 3 is 2.29 bits per heavy atom. The van der Waals surface area contributed by atoms with E-state index in [2.05, 4.69) is 5.32 Å². The predicted octanol–water partition coefficient (Wildman–Crippen LogP) is 3.56. The molecule has 0 radical (unpaired) electrons. The van der Waals surface area contributed by atoms with Gasteiger partial charge in [0, 0.05) is 11.3 Å². The van der Waals surface area contributed by atoms with Gasteiger partial charge in [-0.3, -0.25) is 4.79 Å². The number of amides is 1. The summed E-state index contributed by atoms with van der Waals surface area (Å²) in [6.07, 6.45) is 0. The number of carboxylic acids is 1. The summed E-state index contributed by atoms with van der Waals surface area (Å²) in [6.45, 7) is 5.67. The zero-order valence-corrected chi connectivity index (χ0v) is 12.2. The molecule has 0 aromatic heterocycles. The highest BCUT2D eigenvalue weighted by Crippen LogP contribution is 2.19. The molecule has 4 nitrogen and oxygen atoms in total. The molecule has 0 heterocycles. The standard InChI is InChI=1S/C17H17NO3/c1-10-4-7-14(12(3)8-10)16(19)18-15-9-13(17(20)21)6-5-11(15)2/h4-9H,1-3H3,(H,18,19)(H,20,21). The third-order valence-electron chi connectivity index (χ3n) is 3.36. The lowest BCUT2D eigenvalue weighted by molar-refractivity contribution is 0.0696. The van der Waals surface area contributed by atoms with Crippen LogP contribution in [0.2, 0.25) is 0 Å². The van der Waals surface area contributed by atoms with Gasteiger partial charge in [-0.25, -0.2) is 4.79 Å². The SMILES string of the molecule is Cc1ccc(C(=O)Nc2cc(C(=O)O)ccc2C)c(C)c1. The van der Waals surface area contributed by atoms with E-state index in [1.54, 1.807) is 12.1 Å². The number of hydrogen-bond donors (Lipinski definition) is 2. The molecule has 0 bridgehead atoms. The number of carboxylic acid groups (broad SMARTS) is 1. The maximum atomic E-state index is 12.3. The van der Waals surface area contributed by atoms with Crippen LogP contribution in [-0.2, 0) is 0 Å². The molecular weight excluding hydrogens is 266 g/mol. The molecule has 0 aliphatic carbocycles. The van der Waals surface area contributed by atoms with Gasteiger partial charge in [0.1, 0.15) is 0 Å². The van der Waals surface area contributed by atoms with Gasteiger partial charge in [-0.2, -0.15) is 0 Å². The number of rotatable bonds is 3. The van der Waals surface area contributed by atoms with Crippen LogP contribution in [0.3, 0.4) is 0 Å². The third-order valence-corrected chi connectivity index (χ3v) is 3.36. The van der Waals surface area contributed by atoms with E-state index in [0.717, 1.165) is 16.7 Å². The molecule has 0 atom stereocenters. The van der Waals surface area contributed by atoms with E-state index in [9.17, 15) is 9.59 Å². The maximum absolute atomic E-state index is 12.3. The van der Waals surface area contributed by atoms with Crippen molar-refractivity contribution >= 4 is 17.6 Å². The topological polar surface area (TPSA) is 66.4 Å². The molecule has 0 saturated heterocycles. The van der Waals surface area contributed by atoms with Gasteiger partial charge < -0.3 is 10.4 Å². The fourth-order valence-corrected chi connectivity index (χ4v) is 2.15. The van der Waals surface area contributed by atoms with E-state index in [4.69, 9.17) is 5.11 Å². The minimum Gasteiger partial charge on any atom is -0.478 e. The van der Waals surface area contributed by atoms with Crippen LogP contribution in [0.25, 0.3) is 0 Å². The number of nitrogens with one attached hydrogen (secondary N) is 1. The molecule has 0 unspecified atom stereocenters. The van der Waals surface area contributed by atoms with Crippen molar-refractivity contribution in [2.45, 2.75) is 20.8 Å². The molecule has 0 aliphatic rings. The minimum atomic E-state index is -1.02. The molecule has 0 aliphatic heterocycles. The molecule has 2 rings (SSSR count). The zero-order chi connectivity index (χ0) is 15.6. The van der Waals surface area contributed by atoms with E-state index < -0.39 is 5.97 Å². The fourth-order valence-electron chi connectivity index (χ4n) is 2.15. The molecule has 0 spiro atoms. The molecule has 1 amide bonds. The highest BCUT2D eigenvalue weighted by molar-refractivity contribution is 6.06. The first-order valence-corrected chi connectivity index (χ1v) is 6.61. The Balaban J connectivity index is 2.31. The summed E-state index contributed by atoms with van der Waals surface area (Å²) in [4.78, 5) is 23.3. The normalized spacial score (nSPS) is 10.2. The van der Waals surface area contributed by atoms with Crippen LogP contribution in [0, 0.1) is 20.8 Å². The Hall–Kier alpha value is -2.62. The van der Waals surface area contributed by atoms with E-state index in [0.29, 0.717) is 11.3 Å². The van der Waals surface area contributed by atoms with E-state index in [-0.39, 0.29) is 11.5 Å². The van der Waals surface area contributed by atoms with Gasteiger partial charge in [0.25, 0.3) is 5.91 Å². The largest absolute Gasteiger partial charge is 0.478 e. The number of hydrogen-bond acceptors (Lipinski definition) is 2. The van der Waals surface area contributed by atoms with Gasteiger partial charge in [-0.1, -0.05) is 23.8 Å². The van der Waals surface area contributed by atoms with Gasteiger partial charge in [0.05, 0.1) is 5.56 Å². The van der Waals surface area contributed by atoms with Crippen molar-refractivity contribution in [2.75, 3.05) is 5.32 Å². The number of anilines is 1. The number of benzene rings is 2.